The maximum Gasteiger partial charge on any atom is 0.231 e. The summed E-state index contributed by atoms with van der Waals surface area (Å²) in [4.78, 5) is 20.4. The monoisotopic (exact) mass is 366 g/mol. The van der Waals surface area contributed by atoms with Crippen LogP contribution in [0, 0.1) is 5.92 Å². The number of aryl methyl sites for hydroxylation is 1. The number of alkyl halides is 1. The summed E-state index contributed by atoms with van der Waals surface area (Å²) in [7, 11) is 1.97. The van der Waals surface area contributed by atoms with Crippen molar-refractivity contribution in [1.29, 1.82) is 0 Å². The first-order chi connectivity index (χ1) is 13.1. The number of nitrogens with one attached hydrogen (secondary N) is 1. The molecular weight excluding hydrogens is 347 g/mol. The summed E-state index contributed by atoms with van der Waals surface area (Å²) >= 11 is 0. The summed E-state index contributed by atoms with van der Waals surface area (Å²) < 4.78 is 21.1. The van der Waals surface area contributed by atoms with Gasteiger partial charge < -0.3 is 14.6 Å². The van der Waals surface area contributed by atoms with Crippen molar-refractivity contribution in [3.05, 3.63) is 36.8 Å². The molecule has 2 aliphatic carbocycles. The molecule has 0 bridgehead atoms. The minimum Gasteiger partial charge on any atom is -0.488 e. The lowest BCUT2D eigenvalue weighted by Gasteiger charge is -2.11. The molecule has 2 fully saturated rings. The SMILES string of the molecule is Cn1c(-c2ccncc2OC2CC2)cc2cc(NC(=O)C3CC3F)ncc21. The lowest BCUT2D eigenvalue weighted by Crippen LogP contribution is -2.15. The van der Waals surface area contributed by atoms with Crippen molar-refractivity contribution in [2.75, 3.05) is 5.32 Å². The molecule has 1 amide bonds. The first kappa shape index (κ1) is 16.2. The van der Waals surface area contributed by atoms with E-state index in [9.17, 15) is 9.18 Å². The number of ether oxygens (including phenoxy) is 1. The molecule has 2 aliphatic rings. The van der Waals surface area contributed by atoms with E-state index in [4.69, 9.17) is 4.74 Å². The molecule has 3 heterocycles. The zero-order valence-electron chi connectivity index (χ0n) is 14.9. The van der Waals surface area contributed by atoms with Crippen LogP contribution in [-0.2, 0) is 11.8 Å². The molecule has 6 nitrogen and oxygen atoms in total. The van der Waals surface area contributed by atoms with Crippen molar-refractivity contribution in [3.8, 4) is 17.0 Å². The summed E-state index contributed by atoms with van der Waals surface area (Å²) in [6.07, 6.45) is 6.94. The van der Waals surface area contributed by atoms with E-state index < -0.39 is 12.1 Å². The van der Waals surface area contributed by atoms with E-state index >= 15 is 0 Å². The second-order valence-electron chi connectivity index (χ2n) is 7.25. The van der Waals surface area contributed by atoms with Crippen molar-refractivity contribution in [2.24, 2.45) is 13.0 Å². The first-order valence-corrected chi connectivity index (χ1v) is 9.11. The van der Waals surface area contributed by atoms with Crippen LogP contribution in [0.3, 0.4) is 0 Å². The average molecular weight is 366 g/mol. The third kappa shape index (κ3) is 3.03. The Labute approximate surface area is 155 Å². The molecule has 2 unspecified atom stereocenters. The first-order valence-electron chi connectivity index (χ1n) is 9.11. The van der Waals surface area contributed by atoms with Crippen LogP contribution >= 0.6 is 0 Å². The largest absolute Gasteiger partial charge is 0.488 e. The zero-order chi connectivity index (χ0) is 18.5. The molecule has 0 aliphatic heterocycles. The third-order valence-electron chi connectivity index (χ3n) is 5.11. The van der Waals surface area contributed by atoms with Gasteiger partial charge >= 0.3 is 0 Å². The van der Waals surface area contributed by atoms with Gasteiger partial charge in [0.05, 0.1) is 35.6 Å². The molecule has 27 heavy (non-hydrogen) atoms. The molecule has 7 heteroatoms. The minimum absolute atomic E-state index is 0.285. The molecular formula is C20H19FN4O2. The van der Waals surface area contributed by atoms with Crippen LogP contribution in [0.4, 0.5) is 10.2 Å². The standard InChI is InChI=1S/C20H19FN4O2/c1-25-16(13-4-5-22-10-18(13)27-12-2-3-12)6-11-7-19(23-9-17(11)25)24-20(26)14-8-15(14)21/h4-7,9-10,12,14-15H,2-3,8H2,1H3,(H,23,24,26). The van der Waals surface area contributed by atoms with E-state index in [1.54, 1.807) is 18.6 Å². The highest BCUT2D eigenvalue weighted by Crippen LogP contribution is 2.37. The summed E-state index contributed by atoms with van der Waals surface area (Å²) in [6.45, 7) is 0. The van der Waals surface area contributed by atoms with Crippen molar-refractivity contribution < 1.29 is 13.9 Å². The maximum absolute atomic E-state index is 13.1. The van der Waals surface area contributed by atoms with E-state index in [0.29, 0.717) is 12.2 Å². The number of hydrogen-bond acceptors (Lipinski definition) is 4. The topological polar surface area (TPSA) is 69.0 Å². The van der Waals surface area contributed by atoms with Crippen LogP contribution in [0.5, 0.6) is 5.75 Å². The highest BCUT2D eigenvalue weighted by atomic mass is 19.1. The Hall–Kier alpha value is -2.96. The van der Waals surface area contributed by atoms with Gasteiger partial charge in [-0.3, -0.25) is 9.78 Å². The number of carbonyl (C=O) groups excluding carboxylic acids is 1. The van der Waals surface area contributed by atoms with Crippen LogP contribution in [0.15, 0.2) is 36.8 Å². The Morgan fingerprint density at radius 3 is 2.89 bits per heavy atom. The molecule has 138 valence electrons. The smallest absolute Gasteiger partial charge is 0.231 e. The van der Waals surface area contributed by atoms with Crippen LogP contribution in [-0.4, -0.2) is 32.7 Å². The molecule has 3 aromatic heterocycles. The number of rotatable bonds is 5. The Morgan fingerprint density at radius 2 is 2.15 bits per heavy atom. The number of carbonyl (C=O) groups is 1. The number of hydrogen-bond donors (Lipinski definition) is 1. The van der Waals surface area contributed by atoms with Gasteiger partial charge in [0.15, 0.2) is 0 Å². The Balaban J connectivity index is 1.49. The van der Waals surface area contributed by atoms with Gasteiger partial charge in [-0.2, -0.15) is 0 Å². The predicted molar refractivity (Wildman–Crippen MR) is 99.2 cm³/mol. The maximum atomic E-state index is 13.1. The number of pyridine rings is 2. The van der Waals surface area contributed by atoms with Crippen LogP contribution in [0.1, 0.15) is 19.3 Å². The number of aromatic nitrogens is 3. The fourth-order valence-electron chi connectivity index (χ4n) is 3.27. The second kappa shape index (κ2) is 6.04. The summed E-state index contributed by atoms with van der Waals surface area (Å²) in [6, 6.07) is 5.79. The molecule has 0 radical (unpaired) electrons. The second-order valence-corrected chi connectivity index (χ2v) is 7.25. The van der Waals surface area contributed by atoms with Gasteiger partial charge in [-0.25, -0.2) is 9.37 Å². The number of amides is 1. The van der Waals surface area contributed by atoms with Gasteiger partial charge in [0.25, 0.3) is 0 Å². The van der Waals surface area contributed by atoms with Gasteiger partial charge in [-0.05, 0) is 37.5 Å². The van der Waals surface area contributed by atoms with Gasteiger partial charge in [0, 0.05) is 24.2 Å². The molecule has 0 saturated heterocycles. The van der Waals surface area contributed by atoms with Gasteiger partial charge in [0.1, 0.15) is 17.7 Å². The van der Waals surface area contributed by atoms with Gasteiger partial charge in [0.2, 0.25) is 5.91 Å². The molecule has 5 rings (SSSR count). The summed E-state index contributed by atoms with van der Waals surface area (Å²) in [5.74, 6) is 0.371. The van der Waals surface area contributed by atoms with Crippen LogP contribution < -0.4 is 10.1 Å². The normalized spacial score (nSPS) is 21.3. The molecule has 0 spiro atoms. The molecule has 2 atom stereocenters. The van der Waals surface area contributed by atoms with E-state index in [1.165, 1.54) is 0 Å². The van der Waals surface area contributed by atoms with E-state index in [-0.39, 0.29) is 12.0 Å². The van der Waals surface area contributed by atoms with Crippen LogP contribution in [0.25, 0.3) is 22.2 Å². The van der Waals surface area contributed by atoms with Crippen molar-refractivity contribution in [2.45, 2.75) is 31.5 Å². The van der Waals surface area contributed by atoms with E-state index in [1.807, 2.05) is 29.8 Å². The van der Waals surface area contributed by atoms with Crippen molar-refractivity contribution in [1.82, 2.24) is 14.5 Å². The zero-order valence-corrected chi connectivity index (χ0v) is 14.9. The Bertz CT molecular complexity index is 1040. The number of fused-ring (bicyclic) bond motifs is 1. The summed E-state index contributed by atoms with van der Waals surface area (Å²) in [5.41, 5.74) is 2.89. The van der Waals surface area contributed by atoms with Gasteiger partial charge in [-0.1, -0.05) is 0 Å². The van der Waals surface area contributed by atoms with Gasteiger partial charge in [-0.15, -0.1) is 0 Å². The van der Waals surface area contributed by atoms with Crippen LogP contribution in [0.2, 0.25) is 0 Å². The number of nitrogens with zero attached hydrogens (tertiary/aromatic N) is 3. The van der Waals surface area contributed by atoms with Crippen molar-refractivity contribution in [3.63, 3.8) is 0 Å². The third-order valence-corrected chi connectivity index (χ3v) is 5.11. The molecule has 0 aromatic carbocycles. The van der Waals surface area contributed by atoms with E-state index in [0.717, 1.165) is 40.8 Å². The number of anilines is 1. The lowest BCUT2D eigenvalue weighted by atomic mass is 10.1. The minimum atomic E-state index is -1.02. The molecule has 1 N–H and O–H groups in total. The Kier molecular flexibility index (Phi) is 3.63. The highest BCUT2D eigenvalue weighted by molar-refractivity contribution is 5.96. The predicted octanol–water partition coefficient (Wildman–Crippen LogP) is 3.47. The summed E-state index contributed by atoms with van der Waals surface area (Å²) in [5, 5.41) is 3.65. The fraction of sp³-hybridized carbons (Fsp3) is 0.350. The highest BCUT2D eigenvalue weighted by Gasteiger charge is 2.43. The number of halogens is 1. The van der Waals surface area contributed by atoms with Crippen molar-refractivity contribution >= 4 is 22.6 Å². The quantitative estimate of drug-likeness (QED) is 0.751. The fourth-order valence-corrected chi connectivity index (χ4v) is 3.27. The Morgan fingerprint density at radius 1 is 1.33 bits per heavy atom. The average Bonchev–Trinajstić information content (AvgIpc) is 3.57. The lowest BCUT2D eigenvalue weighted by molar-refractivity contribution is -0.117. The molecule has 3 aromatic rings. The van der Waals surface area contributed by atoms with E-state index in [2.05, 4.69) is 15.3 Å². The molecule has 2 saturated carbocycles.